The minimum Gasteiger partial charge on any atom is -0.242 e. The Hall–Kier alpha value is -2.23. The van der Waals surface area contributed by atoms with Crippen LogP contribution in [-0.2, 0) is 6.42 Å². The number of thioether (sulfide) groups is 2. The van der Waals surface area contributed by atoms with Gasteiger partial charge in [-0.05, 0) is 61.6 Å². The predicted molar refractivity (Wildman–Crippen MR) is 127 cm³/mol. The normalized spacial score (nSPS) is 11.9. The third-order valence-electron chi connectivity index (χ3n) is 4.19. The van der Waals surface area contributed by atoms with Crippen molar-refractivity contribution in [1.82, 2.24) is 0 Å². The minimum atomic E-state index is 0.998. The third-order valence-corrected chi connectivity index (χ3v) is 5.94. The quantitative estimate of drug-likeness (QED) is 0.228. The average molecular weight is 404 g/mol. The van der Waals surface area contributed by atoms with Crippen LogP contribution >= 0.6 is 23.5 Å². The summed E-state index contributed by atoms with van der Waals surface area (Å²) in [5, 5.41) is 3.17. The van der Waals surface area contributed by atoms with Crippen molar-refractivity contribution in [2.75, 3.05) is 5.75 Å². The first-order valence-electron chi connectivity index (χ1n) is 9.41. The number of benzene rings is 3. The Balaban J connectivity index is 1.66. The zero-order chi connectivity index (χ0) is 19.6. The van der Waals surface area contributed by atoms with E-state index in [4.69, 9.17) is 4.99 Å². The number of rotatable bonds is 7. The van der Waals surface area contributed by atoms with Gasteiger partial charge in [-0.15, -0.1) is 11.8 Å². The van der Waals surface area contributed by atoms with E-state index in [2.05, 4.69) is 104 Å². The van der Waals surface area contributed by atoms with E-state index in [0.29, 0.717) is 0 Å². The van der Waals surface area contributed by atoms with Gasteiger partial charge < -0.3 is 0 Å². The molecule has 0 atom stereocenters. The Morgan fingerprint density at radius 2 is 1.46 bits per heavy atom. The fourth-order valence-electron chi connectivity index (χ4n) is 2.57. The van der Waals surface area contributed by atoms with E-state index >= 15 is 0 Å². The minimum absolute atomic E-state index is 0.998. The molecule has 142 valence electrons. The maximum Gasteiger partial charge on any atom is 0.0972 e. The van der Waals surface area contributed by atoms with Gasteiger partial charge in [0, 0.05) is 10.6 Å². The molecule has 3 aromatic rings. The standard InChI is InChI=1S/C25H25NS2/c1-20-8-12-23(13-9-20)26-25(28-18-16-22-6-4-3-5-7-22)17-19-27-24-14-10-21(2)11-15-24/h3-15,17,19H,16,18H2,1-2H3. The molecule has 0 aliphatic carbocycles. The highest BCUT2D eigenvalue weighted by molar-refractivity contribution is 8.14. The zero-order valence-corrected chi connectivity index (χ0v) is 18.0. The highest BCUT2D eigenvalue weighted by Gasteiger charge is 2.00. The van der Waals surface area contributed by atoms with Gasteiger partial charge in [-0.2, -0.15) is 0 Å². The monoisotopic (exact) mass is 403 g/mol. The molecule has 0 heterocycles. The predicted octanol–water partition coefficient (Wildman–Crippen LogP) is 7.62. The van der Waals surface area contributed by atoms with Crippen LogP contribution in [0.1, 0.15) is 16.7 Å². The van der Waals surface area contributed by atoms with Gasteiger partial charge in [-0.25, -0.2) is 4.99 Å². The molecular formula is C25H25NS2. The number of hydrogen-bond donors (Lipinski definition) is 0. The molecule has 0 fully saturated rings. The molecular weight excluding hydrogens is 378 g/mol. The van der Waals surface area contributed by atoms with E-state index in [9.17, 15) is 0 Å². The fraction of sp³-hybridized carbons (Fsp3) is 0.160. The summed E-state index contributed by atoms with van der Waals surface area (Å²) in [6.07, 6.45) is 3.16. The lowest BCUT2D eigenvalue weighted by Gasteiger charge is -2.04. The largest absolute Gasteiger partial charge is 0.242 e. The van der Waals surface area contributed by atoms with Crippen LogP contribution in [0.3, 0.4) is 0 Å². The van der Waals surface area contributed by atoms with Crippen molar-refractivity contribution in [3.63, 3.8) is 0 Å². The summed E-state index contributed by atoms with van der Waals surface area (Å²) < 4.78 is 0. The molecule has 0 aliphatic heterocycles. The van der Waals surface area contributed by atoms with E-state index in [1.165, 1.54) is 21.6 Å². The van der Waals surface area contributed by atoms with Gasteiger partial charge in [-0.3, -0.25) is 0 Å². The molecule has 0 bridgehead atoms. The van der Waals surface area contributed by atoms with Crippen LogP contribution in [-0.4, -0.2) is 10.8 Å². The summed E-state index contributed by atoms with van der Waals surface area (Å²) >= 11 is 3.53. The average Bonchev–Trinajstić information content (AvgIpc) is 2.72. The SMILES string of the molecule is Cc1ccc(N=C(C=CSc2ccc(C)cc2)SCCc2ccccc2)cc1. The molecule has 0 spiro atoms. The molecule has 3 aromatic carbocycles. The fourth-order valence-corrected chi connectivity index (χ4v) is 4.18. The second-order valence-electron chi connectivity index (χ2n) is 6.60. The van der Waals surface area contributed by atoms with Gasteiger partial charge in [-0.1, -0.05) is 77.5 Å². The van der Waals surface area contributed by atoms with Gasteiger partial charge in [0.05, 0.1) is 10.7 Å². The van der Waals surface area contributed by atoms with Gasteiger partial charge in [0.2, 0.25) is 0 Å². The Labute approximate surface area is 177 Å². The molecule has 0 saturated carbocycles. The molecule has 0 aromatic heterocycles. The van der Waals surface area contributed by atoms with E-state index in [0.717, 1.165) is 22.9 Å². The van der Waals surface area contributed by atoms with Crippen LogP contribution in [0.4, 0.5) is 5.69 Å². The van der Waals surface area contributed by atoms with Crippen LogP contribution in [0.25, 0.3) is 0 Å². The molecule has 1 nitrogen and oxygen atoms in total. The maximum absolute atomic E-state index is 4.86. The number of aliphatic imine (C=N–C) groups is 1. The first-order valence-corrected chi connectivity index (χ1v) is 11.3. The molecule has 0 aliphatic rings. The molecule has 0 unspecified atom stereocenters. The smallest absolute Gasteiger partial charge is 0.0972 e. The van der Waals surface area contributed by atoms with Crippen molar-refractivity contribution in [3.8, 4) is 0 Å². The number of aryl methyl sites for hydroxylation is 3. The first-order chi connectivity index (χ1) is 13.7. The van der Waals surface area contributed by atoms with Gasteiger partial charge in [0.1, 0.15) is 0 Å². The van der Waals surface area contributed by atoms with Gasteiger partial charge >= 0.3 is 0 Å². The van der Waals surface area contributed by atoms with Crippen molar-refractivity contribution in [2.45, 2.75) is 25.2 Å². The molecule has 28 heavy (non-hydrogen) atoms. The third kappa shape index (κ3) is 7.06. The van der Waals surface area contributed by atoms with Crippen molar-refractivity contribution in [2.24, 2.45) is 4.99 Å². The molecule has 3 rings (SSSR count). The topological polar surface area (TPSA) is 12.4 Å². The summed E-state index contributed by atoms with van der Waals surface area (Å²) in [6.45, 7) is 4.21. The molecule has 0 N–H and O–H groups in total. The van der Waals surface area contributed by atoms with E-state index in [1.807, 2.05) is 0 Å². The maximum atomic E-state index is 4.86. The van der Waals surface area contributed by atoms with Crippen LogP contribution in [0, 0.1) is 13.8 Å². The number of hydrogen-bond acceptors (Lipinski definition) is 3. The molecule has 0 amide bonds. The lowest BCUT2D eigenvalue weighted by Crippen LogP contribution is -1.93. The Bertz CT molecular complexity index is 911. The van der Waals surface area contributed by atoms with Crippen LogP contribution in [0.15, 0.2) is 100 Å². The van der Waals surface area contributed by atoms with Crippen molar-refractivity contribution < 1.29 is 0 Å². The second-order valence-corrected chi connectivity index (χ2v) is 8.70. The van der Waals surface area contributed by atoms with Crippen LogP contribution < -0.4 is 0 Å². The highest BCUT2D eigenvalue weighted by Crippen LogP contribution is 2.22. The Morgan fingerprint density at radius 3 is 2.14 bits per heavy atom. The molecule has 0 saturated heterocycles. The summed E-state index contributed by atoms with van der Waals surface area (Å²) in [5.74, 6) is 1.01. The molecule has 3 heteroatoms. The lowest BCUT2D eigenvalue weighted by molar-refractivity contribution is 1.16. The summed E-state index contributed by atoms with van der Waals surface area (Å²) in [4.78, 5) is 6.10. The van der Waals surface area contributed by atoms with Crippen molar-refractivity contribution >= 4 is 34.3 Å². The Morgan fingerprint density at radius 1 is 0.821 bits per heavy atom. The summed E-state index contributed by atoms with van der Waals surface area (Å²) in [5.41, 5.74) is 4.90. The van der Waals surface area contributed by atoms with E-state index < -0.39 is 0 Å². The number of nitrogens with zero attached hydrogens (tertiary/aromatic N) is 1. The van der Waals surface area contributed by atoms with Crippen molar-refractivity contribution in [3.05, 3.63) is 107 Å². The highest BCUT2D eigenvalue weighted by atomic mass is 32.2. The van der Waals surface area contributed by atoms with E-state index in [-0.39, 0.29) is 0 Å². The second kappa shape index (κ2) is 10.9. The summed E-state index contributed by atoms with van der Waals surface area (Å²) in [6, 6.07) is 27.6. The first kappa shape index (κ1) is 20.5. The van der Waals surface area contributed by atoms with Crippen LogP contribution in [0.5, 0.6) is 0 Å². The van der Waals surface area contributed by atoms with Gasteiger partial charge in [0.15, 0.2) is 0 Å². The molecule has 0 radical (unpaired) electrons. The Kier molecular flexibility index (Phi) is 8.01. The van der Waals surface area contributed by atoms with Crippen molar-refractivity contribution in [1.29, 1.82) is 0 Å². The van der Waals surface area contributed by atoms with E-state index in [1.54, 1.807) is 23.5 Å². The van der Waals surface area contributed by atoms with Gasteiger partial charge in [0.25, 0.3) is 0 Å². The van der Waals surface area contributed by atoms with Crippen LogP contribution in [0.2, 0.25) is 0 Å². The summed E-state index contributed by atoms with van der Waals surface area (Å²) in [7, 11) is 0. The zero-order valence-electron chi connectivity index (χ0n) is 16.3. The lowest BCUT2D eigenvalue weighted by atomic mass is 10.2.